The topological polar surface area (TPSA) is 35.9 Å². The highest BCUT2D eigenvalue weighted by molar-refractivity contribution is 5.83. The van der Waals surface area contributed by atoms with Gasteiger partial charge in [0.2, 0.25) is 0 Å². The summed E-state index contributed by atoms with van der Waals surface area (Å²) in [6, 6.07) is 70.5. The number of aliphatic hydroxyl groups excluding tert-OH is 1. The molecule has 0 unspecified atom stereocenters. The van der Waals surface area contributed by atoms with Gasteiger partial charge in [-0.15, -0.1) is 0 Å². The van der Waals surface area contributed by atoms with Crippen molar-refractivity contribution in [1.82, 2.24) is 0 Å². The van der Waals surface area contributed by atoms with Crippen LogP contribution in [-0.4, -0.2) is 12.2 Å². The van der Waals surface area contributed by atoms with Crippen LogP contribution in [0.25, 0.3) is 39.0 Å². The van der Waals surface area contributed by atoms with Crippen LogP contribution in [0.2, 0.25) is 0 Å². The number of nitrogens with zero attached hydrogens (tertiary/aromatic N) is 2. The summed E-state index contributed by atoms with van der Waals surface area (Å²) >= 11 is 0. The molecule has 4 heteroatoms. The highest BCUT2D eigenvalue weighted by Crippen LogP contribution is 2.40. The first-order chi connectivity index (χ1) is 29.6. The third-order valence-corrected chi connectivity index (χ3v) is 11.2. The maximum absolute atomic E-state index is 9.95. The van der Waals surface area contributed by atoms with Crippen LogP contribution in [0.15, 0.2) is 218 Å². The van der Waals surface area contributed by atoms with Crippen molar-refractivity contribution < 1.29 is 9.84 Å². The summed E-state index contributed by atoms with van der Waals surface area (Å²) in [6.45, 7) is -0.0129. The second-order valence-corrected chi connectivity index (χ2v) is 15.0. The van der Waals surface area contributed by atoms with Crippen LogP contribution in [0.1, 0.15) is 24.0 Å². The molecule has 0 radical (unpaired) electrons. The summed E-state index contributed by atoms with van der Waals surface area (Å²) in [4.78, 5) is 4.51. The Balaban J connectivity index is 0.962. The minimum absolute atomic E-state index is 0.0129. The molecular formula is C56H46N2O2. The van der Waals surface area contributed by atoms with Crippen molar-refractivity contribution in [2.45, 2.75) is 19.4 Å². The summed E-state index contributed by atoms with van der Waals surface area (Å²) in [6.07, 6.45) is 8.98. The zero-order chi connectivity index (χ0) is 40.7. The second kappa shape index (κ2) is 17.6. The third kappa shape index (κ3) is 8.28. The highest BCUT2D eigenvalue weighted by Gasteiger charge is 2.16. The fourth-order valence-electron chi connectivity index (χ4n) is 7.96. The number of rotatable bonds is 12. The molecule has 1 aliphatic carbocycles. The minimum Gasteiger partial charge on any atom is -0.497 e. The number of hydrogen-bond acceptors (Lipinski definition) is 4. The summed E-state index contributed by atoms with van der Waals surface area (Å²) in [7, 11) is 1.71. The van der Waals surface area contributed by atoms with E-state index in [9.17, 15) is 5.11 Å². The Morgan fingerprint density at radius 2 is 0.850 bits per heavy atom. The van der Waals surface area contributed by atoms with Gasteiger partial charge in [-0.3, -0.25) is 0 Å². The van der Waals surface area contributed by atoms with Crippen LogP contribution in [0.3, 0.4) is 0 Å². The number of aliphatic hydroxyl groups is 1. The van der Waals surface area contributed by atoms with E-state index in [0.717, 1.165) is 80.5 Å². The second-order valence-electron chi connectivity index (χ2n) is 15.0. The molecule has 0 bridgehead atoms. The lowest BCUT2D eigenvalue weighted by Gasteiger charge is -2.26. The maximum Gasteiger partial charge on any atom is 0.120 e. The Hall–Kier alpha value is -7.40. The molecule has 0 atom stereocenters. The van der Waals surface area contributed by atoms with E-state index >= 15 is 0 Å². The largest absolute Gasteiger partial charge is 0.497 e. The molecular weight excluding hydrogens is 733 g/mol. The lowest BCUT2D eigenvalue weighted by molar-refractivity contribution is 0.282. The average molecular weight is 779 g/mol. The van der Waals surface area contributed by atoms with Crippen molar-refractivity contribution in [1.29, 1.82) is 0 Å². The van der Waals surface area contributed by atoms with Crippen LogP contribution in [0.4, 0.5) is 34.1 Å². The van der Waals surface area contributed by atoms with Gasteiger partial charge in [-0.05, 0) is 136 Å². The van der Waals surface area contributed by atoms with Crippen molar-refractivity contribution in [2.24, 2.45) is 0 Å². The van der Waals surface area contributed by atoms with Crippen molar-refractivity contribution in [3.8, 4) is 39.1 Å². The molecule has 0 saturated heterocycles. The maximum atomic E-state index is 9.95. The van der Waals surface area contributed by atoms with E-state index in [2.05, 4.69) is 192 Å². The number of hydrogen-bond donors (Lipinski definition) is 1. The van der Waals surface area contributed by atoms with Gasteiger partial charge >= 0.3 is 0 Å². The van der Waals surface area contributed by atoms with E-state index in [4.69, 9.17) is 4.74 Å². The van der Waals surface area contributed by atoms with E-state index in [-0.39, 0.29) is 6.61 Å². The highest BCUT2D eigenvalue weighted by atomic mass is 16.5. The van der Waals surface area contributed by atoms with Gasteiger partial charge in [0, 0.05) is 40.2 Å². The number of allylic oxidation sites excluding steroid dienone is 4. The van der Waals surface area contributed by atoms with E-state index < -0.39 is 0 Å². The smallest absolute Gasteiger partial charge is 0.120 e. The monoisotopic (exact) mass is 778 g/mol. The Labute approximate surface area is 353 Å². The summed E-state index contributed by atoms with van der Waals surface area (Å²) in [5.41, 5.74) is 16.6. The van der Waals surface area contributed by atoms with E-state index in [1.165, 1.54) is 22.3 Å². The van der Waals surface area contributed by atoms with Gasteiger partial charge in [-0.25, -0.2) is 0 Å². The molecule has 0 aromatic heterocycles. The van der Waals surface area contributed by atoms with Crippen molar-refractivity contribution in [2.75, 3.05) is 16.9 Å². The van der Waals surface area contributed by atoms with Crippen molar-refractivity contribution >= 4 is 39.7 Å². The molecule has 1 aliphatic rings. The lowest BCUT2D eigenvalue weighted by atomic mass is 9.99. The van der Waals surface area contributed by atoms with Crippen molar-refractivity contribution in [3.63, 3.8) is 0 Å². The Morgan fingerprint density at radius 3 is 1.30 bits per heavy atom. The van der Waals surface area contributed by atoms with Crippen LogP contribution >= 0.6 is 0 Å². The number of methoxy groups -OCH3 is 1. The molecule has 0 amide bonds. The molecule has 9 rings (SSSR count). The van der Waals surface area contributed by atoms with Gasteiger partial charge in [-0.2, -0.15) is 0 Å². The fraction of sp³-hybridized carbons (Fsp3) is 0.0714. The first kappa shape index (κ1) is 38.1. The van der Waals surface area contributed by atoms with Crippen LogP contribution in [-0.2, 0) is 6.61 Å². The summed E-state index contributed by atoms with van der Waals surface area (Å²) < 4.78 is 5.62. The number of anilines is 6. The lowest BCUT2D eigenvalue weighted by Crippen LogP contribution is -2.10. The number of ether oxygens (including phenoxy) is 1. The molecule has 8 aromatic rings. The molecule has 0 aliphatic heterocycles. The van der Waals surface area contributed by atoms with E-state index in [0.29, 0.717) is 0 Å². The normalized spacial score (nSPS) is 12.1. The van der Waals surface area contributed by atoms with Gasteiger partial charge in [0.05, 0.1) is 13.7 Å². The predicted octanol–water partition coefficient (Wildman–Crippen LogP) is 14.9. The molecule has 1 N–H and O–H groups in total. The molecule has 4 nitrogen and oxygen atoms in total. The summed E-state index contributed by atoms with van der Waals surface area (Å²) in [5, 5.41) is 9.95. The van der Waals surface area contributed by atoms with Gasteiger partial charge in [0.15, 0.2) is 0 Å². The molecule has 60 heavy (non-hydrogen) atoms. The third-order valence-electron chi connectivity index (χ3n) is 11.2. The Kier molecular flexibility index (Phi) is 11.2. The van der Waals surface area contributed by atoms with Gasteiger partial charge in [0.25, 0.3) is 0 Å². The fourth-order valence-corrected chi connectivity index (χ4v) is 7.96. The molecule has 0 fully saturated rings. The van der Waals surface area contributed by atoms with Crippen LogP contribution in [0.5, 0.6) is 5.75 Å². The molecule has 292 valence electrons. The summed E-state index contributed by atoms with van der Waals surface area (Å²) in [5.74, 6) is 0.817. The van der Waals surface area contributed by atoms with E-state index in [1.807, 2.05) is 36.4 Å². The van der Waals surface area contributed by atoms with Gasteiger partial charge in [-0.1, -0.05) is 140 Å². The van der Waals surface area contributed by atoms with Crippen LogP contribution in [0, 0.1) is 0 Å². The number of benzene rings is 8. The predicted molar refractivity (Wildman–Crippen MR) is 251 cm³/mol. The average Bonchev–Trinajstić information content (AvgIpc) is 3.33. The first-order valence-corrected chi connectivity index (χ1v) is 20.5. The van der Waals surface area contributed by atoms with Gasteiger partial charge < -0.3 is 19.6 Å². The van der Waals surface area contributed by atoms with Crippen molar-refractivity contribution in [3.05, 3.63) is 230 Å². The molecule has 0 spiro atoms. The zero-order valence-electron chi connectivity index (χ0n) is 33.7. The first-order valence-electron chi connectivity index (χ1n) is 20.5. The standard InChI is InChI=1S/C56H46N2O2/c1-60-56-17-9-16-55(39-56)58(52-32-24-47(25-33-52)43-13-6-3-7-14-43)53-36-28-49(29-37-53)45-20-18-44(19-21-45)48-26-34-51(35-27-48)57(54-15-8-10-41(38-54)40-59)50-30-22-46(23-31-50)42-11-4-2-5-12-42/h2,4-6,8-39,59H,3,7,40H2,1H3. The quantitative estimate of drug-likeness (QED) is 0.134. The SMILES string of the molecule is COc1cccc(N(c2ccc(C3=CCCC=C3)cc2)c2ccc(-c3ccc(-c4ccc(N(c5ccc(-c6ccccc6)cc5)c5cccc(CO)c5)cc4)cc3)cc2)c1. The molecule has 8 aromatic carbocycles. The Bertz CT molecular complexity index is 2740. The Morgan fingerprint density at radius 1 is 0.417 bits per heavy atom. The molecule has 0 saturated carbocycles. The zero-order valence-corrected chi connectivity index (χ0v) is 33.7. The minimum atomic E-state index is -0.0129. The van der Waals surface area contributed by atoms with E-state index in [1.54, 1.807) is 7.11 Å². The molecule has 0 heterocycles. The van der Waals surface area contributed by atoms with Gasteiger partial charge in [0.1, 0.15) is 5.75 Å². The van der Waals surface area contributed by atoms with Crippen LogP contribution < -0.4 is 14.5 Å².